The van der Waals surface area contributed by atoms with E-state index < -0.39 is 43.8 Å². The largest absolute Gasteiger partial charge is 0.480 e. The quantitative estimate of drug-likeness (QED) is 0.417. The van der Waals surface area contributed by atoms with E-state index in [1.54, 1.807) is 0 Å². The number of carbonyl (C=O) groups is 1. The van der Waals surface area contributed by atoms with Crippen LogP contribution in [0.15, 0.2) is 53.9 Å². The van der Waals surface area contributed by atoms with Crippen LogP contribution in [-0.2, 0) is 10.0 Å². The molecule has 4 rings (SSSR count). The standard InChI is InChI=1S/C20H13ClF2N4O5S/c1-32-19-15(6-11(21)7-24-19)33(30,31)26-13-4-3-12(22)16(17(13)23)10-2-5-14-18(20(28)29)25-9-27(14)8-10/h2-9,26H,1H3,(H,28,29). The summed E-state index contributed by atoms with van der Waals surface area (Å²) in [6, 6.07) is 5.53. The molecular weight excluding hydrogens is 482 g/mol. The number of aromatic nitrogens is 3. The molecule has 33 heavy (non-hydrogen) atoms. The summed E-state index contributed by atoms with van der Waals surface area (Å²) in [7, 11) is -3.22. The van der Waals surface area contributed by atoms with Gasteiger partial charge in [0.2, 0.25) is 5.88 Å². The summed E-state index contributed by atoms with van der Waals surface area (Å²) >= 11 is 5.83. The SMILES string of the molecule is COc1ncc(Cl)cc1S(=O)(=O)Nc1ccc(F)c(-c2ccc3c(C(=O)O)ncn3c2)c1F. The number of fused-ring (bicyclic) bond motifs is 1. The second-order valence-corrected chi connectivity index (χ2v) is 8.75. The van der Waals surface area contributed by atoms with Crippen LogP contribution in [0.2, 0.25) is 5.02 Å². The molecule has 9 nitrogen and oxygen atoms in total. The molecule has 0 fully saturated rings. The van der Waals surface area contributed by atoms with Gasteiger partial charge < -0.3 is 14.2 Å². The Morgan fingerprint density at radius 1 is 1.21 bits per heavy atom. The fraction of sp³-hybridized carbons (Fsp3) is 0.0500. The van der Waals surface area contributed by atoms with Gasteiger partial charge in [-0.3, -0.25) is 4.72 Å². The highest BCUT2D eigenvalue weighted by Gasteiger charge is 2.25. The van der Waals surface area contributed by atoms with E-state index in [9.17, 15) is 17.6 Å². The summed E-state index contributed by atoms with van der Waals surface area (Å²) < 4.78 is 63.9. The number of aromatic carboxylic acids is 1. The van der Waals surface area contributed by atoms with Crippen molar-refractivity contribution in [3.8, 4) is 17.0 Å². The van der Waals surface area contributed by atoms with Crippen LogP contribution in [0.5, 0.6) is 5.88 Å². The number of rotatable bonds is 6. The van der Waals surface area contributed by atoms with Gasteiger partial charge in [0.05, 0.1) is 28.9 Å². The van der Waals surface area contributed by atoms with Gasteiger partial charge in [0.25, 0.3) is 10.0 Å². The molecule has 0 saturated heterocycles. The van der Waals surface area contributed by atoms with E-state index in [2.05, 4.69) is 14.7 Å². The molecule has 3 heterocycles. The molecule has 0 aliphatic carbocycles. The normalized spacial score (nSPS) is 11.5. The maximum Gasteiger partial charge on any atom is 0.356 e. The number of hydrogen-bond acceptors (Lipinski definition) is 6. The fourth-order valence-corrected chi connectivity index (χ4v) is 4.59. The van der Waals surface area contributed by atoms with Gasteiger partial charge in [-0.2, -0.15) is 0 Å². The van der Waals surface area contributed by atoms with Crippen LogP contribution in [0.4, 0.5) is 14.5 Å². The Balaban J connectivity index is 1.79. The summed E-state index contributed by atoms with van der Waals surface area (Å²) in [6.07, 6.45) is 3.64. The summed E-state index contributed by atoms with van der Waals surface area (Å²) in [6.45, 7) is 0. The van der Waals surface area contributed by atoms with Crippen LogP contribution in [0.25, 0.3) is 16.6 Å². The number of nitrogens with one attached hydrogen (secondary N) is 1. The lowest BCUT2D eigenvalue weighted by Crippen LogP contribution is -2.16. The molecule has 170 valence electrons. The van der Waals surface area contributed by atoms with Crippen LogP contribution in [0, 0.1) is 11.6 Å². The molecule has 13 heteroatoms. The molecule has 0 bridgehead atoms. The van der Waals surface area contributed by atoms with Crippen LogP contribution in [0.1, 0.15) is 10.5 Å². The van der Waals surface area contributed by atoms with Crippen molar-refractivity contribution in [3.63, 3.8) is 0 Å². The number of benzene rings is 1. The summed E-state index contributed by atoms with van der Waals surface area (Å²) in [5.41, 5.74) is -1.06. The minimum absolute atomic E-state index is 0.00538. The number of carboxylic acid groups (broad SMARTS) is 1. The number of halogens is 3. The Kier molecular flexibility index (Phi) is 5.64. The number of sulfonamides is 1. The second-order valence-electron chi connectivity index (χ2n) is 6.66. The van der Waals surface area contributed by atoms with Gasteiger partial charge in [0.1, 0.15) is 12.1 Å². The highest BCUT2D eigenvalue weighted by Crippen LogP contribution is 2.33. The van der Waals surface area contributed by atoms with E-state index >= 15 is 4.39 Å². The Morgan fingerprint density at radius 2 is 1.97 bits per heavy atom. The van der Waals surface area contributed by atoms with E-state index in [-0.39, 0.29) is 27.7 Å². The van der Waals surface area contributed by atoms with E-state index in [4.69, 9.17) is 21.4 Å². The second kappa shape index (κ2) is 8.30. The summed E-state index contributed by atoms with van der Waals surface area (Å²) in [4.78, 5) is 18.3. The van der Waals surface area contributed by atoms with Crippen LogP contribution < -0.4 is 9.46 Å². The maximum absolute atomic E-state index is 15.3. The van der Waals surface area contributed by atoms with Crippen LogP contribution in [-0.4, -0.2) is 41.0 Å². The Labute approximate surface area is 190 Å². The van der Waals surface area contributed by atoms with Crippen molar-refractivity contribution in [2.45, 2.75) is 4.90 Å². The Bertz CT molecular complexity index is 1520. The van der Waals surface area contributed by atoms with Crippen molar-refractivity contribution in [3.05, 3.63) is 71.4 Å². The number of anilines is 1. The molecule has 0 saturated carbocycles. The Morgan fingerprint density at radius 3 is 2.67 bits per heavy atom. The molecule has 0 unspecified atom stereocenters. The molecule has 0 spiro atoms. The Hall–Kier alpha value is -3.77. The summed E-state index contributed by atoms with van der Waals surface area (Å²) in [5.74, 6) is -3.68. The first kappa shape index (κ1) is 22.4. The summed E-state index contributed by atoms with van der Waals surface area (Å²) in [5, 5.41) is 9.16. The third-order valence-electron chi connectivity index (χ3n) is 4.63. The minimum Gasteiger partial charge on any atom is -0.480 e. The lowest BCUT2D eigenvalue weighted by molar-refractivity contribution is 0.0693. The first-order valence-electron chi connectivity index (χ1n) is 9.03. The van der Waals surface area contributed by atoms with Crippen molar-refractivity contribution in [1.29, 1.82) is 0 Å². The molecule has 0 radical (unpaired) electrons. The maximum atomic E-state index is 15.3. The number of carboxylic acids is 1. The molecule has 3 aromatic heterocycles. The zero-order chi connectivity index (χ0) is 23.9. The van der Waals surface area contributed by atoms with Gasteiger partial charge in [-0.15, -0.1) is 0 Å². The van der Waals surface area contributed by atoms with E-state index in [1.807, 2.05) is 0 Å². The molecule has 0 aliphatic rings. The van der Waals surface area contributed by atoms with Gasteiger partial charge in [-0.25, -0.2) is 32.0 Å². The van der Waals surface area contributed by atoms with Crippen LogP contribution >= 0.6 is 11.6 Å². The molecule has 4 aromatic rings. The smallest absolute Gasteiger partial charge is 0.356 e. The lowest BCUT2D eigenvalue weighted by atomic mass is 10.1. The van der Waals surface area contributed by atoms with Crippen molar-refractivity contribution < 1.29 is 31.8 Å². The minimum atomic E-state index is -4.42. The fourth-order valence-electron chi connectivity index (χ4n) is 3.16. The molecule has 1 aromatic carbocycles. The average Bonchev–Trinajstić information content (AvgIpc) is 3.19. The van der Waals surface area contributed by atoms with Crippen LogP contribution in [0.3, 0.4) is 0 Å². The first-order valence-corrected chi connectivity index (χ1v) is 10.9. The van der Waals surface area contributed by atoms with Gasteiger partial charge in [-0.1, -0.05) is 17.7 Å². The number of imidazole rings is 1. The number of ether oxygens (including phenoxy) is 1. The molecule has 0 aliphatic heterocycles. The van der Waals surface area contributed by atoms with Crippen molar-refractivity contribution in [2.75, 3.05) is 11.8 Å². The topological polar surface area (TPSA) is 123 Å². The van der Waals surface area contributed by atoms with Crippen molar-refractivity contribution in [2.24, 2.45) is 0 Å². The predicted molar refractivity (Wildman–Crippen MR) is 114 cm³/mol. The number of hydrogen-bond donors (Lipinski definition) is 2. The number of pyridine rings is 2. The average molecular weight is 495 g/mol. The van der Waals surface area contributed by atoms with E-state index in [0.717, 1.165) is 18.2 Å². The van der Waals surface area contributed by atoms with Gasteiger partial charge in [-0.05, 0) is 24.3 Å². The van der Waals surface area contributed by atoms with E-state index in [1.165, 1.54) is 42.4 Å². The van der Waals surface area contributed by atoms with E-state index in [0.29, 0.717) is 0 Å². The molecule has 2 N–H and O–H groups in total. The molecule has 0 amide bonds. The first-order chi connectivity index (χ1) is 15.6. The van der Waals surface area contributed by atoms with Crippen molar-refractivity contribution >= 4 is 38.8 Å². The van der Waals surface area contributed by atoms with Gasteiger partial charge in [0.15, 0.2) is 16.4 Å². The highest BCUT2D eigenvalue weighted by molar-refractivity contribution is 7.92. The number of methoxy groups -OCH3 is 1. The lowest BCUT2D eigenvalue weighted by Gasteiger charge is -2.14. The van der Waals surface area contributed by atoms with Gasteiger partial charge in [0, 0.05) is 18.0 Å². The third-order valence-corrected chi connectivity index (χ3v) is 6.19. The number of nitrogens with zero attached hydrogens (tertiary/aromatic N) is 3. The highest BCUT2D eigenvalue weighted by atomic mass is 35.5. The van der Waals surface area contributed by atoms with Gasteiger partial charge >= 0.3 is 5.97 Å². The molecule has 0 atom stereocenters. The van der Waals surface area contributed by atoms with Crippen molar-refractivity contribution in [1.82, 2.24) is 14.4 Å². The predicted octanol–water partition coefficient (Wildman–Crippen LogP) is 3.84. The monoisotopic (exact) mass is 494 g/mol. The zero-order valence-electron chi connectivity index (χ0n) is 16.6. The third kappa shape index (κ3) is 4.05. The zero-order valence-corrected chi connectivity index (χ0v) is 18.2. The molecular formula is C20H13ClF2N4O5S.